The molecule has 0 radical (unpaired) electrons. The third-order valence-corrected chi connectivity index (χ3v) is 3.27. The second-order valence-electron chi connectivity index (χ2n) is 5.37. The Morgan fingerprint density at radius 2 is 1.70 bits per heavy atom. The maximum atomic E-state index is 4.46. The van der Waals surface area contributed by atoms with Crippen molar-refractivity contribution in [3.05, 3.63) is 58.7 Å². The minimum atomic E-state index is 0.183. The average molecular weight is 269 g/mol. The predicted molar refractivity (Wildman–Crippen MR) is 82.8 cm³/mol. The summed E-state index contributed by atoms with van der Waals surface area (Å²) in [6.45, 7) is 9.33. The van der Waals surface area contributed by atoms with Crippen molar-refractivity contribution in [1.29, 1.82) is 0 Å². The van der Waals surface area contributed by atoms with Crippen LogP contribution in [0, 0.1) is 20.8 Å². The van der Waals surface area contributed by atoms with Gasteiger partial charge in [-0.25, -0.2) is 0 Å². The van der Waals surface area contributed by atoms with Crippen LogP contribution in [0.15, 0.2) is 30.6 Å². The maximum absolute atomic E-state index is 4.46. The van der Waals surface area contributed by atoms with Gasteiger partial charge in [-0.1, -0.05) is 13.0 Å². The van der Waals surface area contributed by atoms with Crippen LogP contribution in [0.2, 0.25) is 0 Å². The standard InChI is InChI=1S/C17H23N3/c1-5-6-19-17(16-7-12(2)10-18-11-16)15-8-13(3)20-14(4)9-15/h7-11,17,19H,5-6H2,1-4H3. The monoisotopic (exact) mass is 269 g/mol. The Labute approximate surface area is 121 Å². The normalized spacial score (nSPS) is 12.4. The quantitative estimate of drug-likeness (QED) is 0.903. The molecule has 2 heterocycles. The first-order valence-corrected chi connectivity index (χ1v) is 7.20. The summed E-state index contributed by atoms with van der Waals surface area (Å²) in [7, 11) is 0. The number of nitrogens with one attached hydrogen (secondary N) is 1. The highest BCUT2D eigenvalue weighted by Crippen LogP contribution is 2.23. The average Bonchev–Trinajstić information content (AvgIpc) is 2.38. The van der Waals surface area contributed by atoms with E-state index in [2.05, 4.69) is 47.3 Å². The van der Waals surface area contributed by atoms with Gasteiger partial charge in [0.25, 0.3) is 0 Å². The molecule has 1 N–H and O–H groups in total. The van der Waals surface area contributed by atoms with Gasteiger partial charge in [0.05, 0.1) is 6.04 Å². The molecule has 0 saturated carbocycles. The van der Waals surface area contributed by atoms with Crippen LogP contribution in [0.1, 0.15) is 47.5 Å². The molecule has 0 aliphatic heterocycles. The zero-order chi connectivity index (χ0) is 14.5. The molecule has 20 heavy (non-hydrogen) atoms. The molecule has 3 heteroatoms. The van der Waals surface area contributed by atoms with Gasteiger partial charge in [-0.3, -0.25) is 9.97 Å². The fourth-order valence-corrected chi connectivity index (χ4v) is 2.49. The van der Waals surface area contributed by atoms with E-state index in [1.165, 1.54) is 16.7 Å². The second-order valence-corrected chi connectivity index (χ2v) is 5.37. The molecular formula is C17H23N3. The highest BCUT2D eigenvalue weighted by molar-refractivity contribution is 5.33. The molecule has 2 aromatic rings. The first kappa shape index (κ1) is 14.7. The number of hydrogen-bond acceptors (Lipinski definition) is 3. The number of rotatable bonds is 5. The first-order chi connectivity index (χ1) is 9.60. The van der Waals surface area contributed by atoms with Crippen LogP contribution in [-0.2, 0) is 0 Å². The third-order valence-electron chi connectivity index (χ3n) is 3.27. The SMILES string of the molecule is CCCNC(c1cncc(C)c1)c1cc(C)nc(C)c1. The maximum Gasteiger partial charge on any atom is 0.0593 e. The molecule has 0 bridgehead atoms. The molecule has 0 aliphatic rings. The summed E-state index contributed by atoms with van der Waals surface area (Å²) in [5.41, 5.74) is 5.78. The van der Waals surface area contributed by atoms with Crippen molar-refractivity contribution in [2.75, 3.05) is 6.54 Å². The predicted octanol–water partition coefficient (Wildman–Crippen LogP) is 3.49. The molecule has 0 aromatic carbocycles. The van der Waals surface area contributed by atoms with Crippen molar-refractivity contribution in [2.24, 2.45) is 0 Å². The van der Waals surface area contributed by atoms with Crippen LogP contribution in [0.4, 0.5) is 0 Å². The summed E-state index contributed by atoms with van der Waals surface area (Å²) in [6.07, 6.45) is 4.95. The summed E-state index contributed by atoms with van der Waals surface area (Å²) >= 11 is 0. The molecule has 2 rings (SSSR count). The van der Waals surface area contributed by atoms with Gasteiger partial charge in [-0.05, 0) is 62.6 Å². The molecule has 1 unspecified atom stereocenters. The van der Waals surface area contributed by atoms with Gasteiger partial charge in [-0.15, -0.1) is 0 Å². The smallest absolute Gasteiger partial charge is 0.0593 e. The van der Waals surface area contributed by atoms with Gasteiger partial charge in [0.2, 0.25) is 0 Å². The van der Waals surface area contributed by atoms with Gasteiger partial charge in [0.1, 0.15) is 0 Å². The van der Waals surface area contributed by atoms with Crippen LogP contribution >= 0.6 is 0 Å². The number of aryl methyl sites for hydroxylation is 3. The van der Waals surface area contributed by atoms with Crippen LogP contribution in [0.3, 0.4) is 0 Å². The highest BCUT2D eigenvalue weighted by Gasteiger charge is 2.15. The molecule has 0 saturated heterocycles. The molecule has 0 spiro atoms. The molecule has 0 aliphatic carbocycles. The third kappa shape index (κ3) is 3.64. The van der Waals surface area contributed by atoms with Crippen molar-refractivity contribution >= 4 is 0 Å². The van der Waals surface area contributed by atoms with Gasteiger partial charge in [0.15, 0.2) is 0 Å². The van der Waals surface area contributed by atoms with Gasteiger partial charge in [0, 0.05) is 23.8 Å². The summed E-state index contributed by atoms with van der Waals surface area (Å²) in [6, 6.07) is 6.69. The first-order valence-electron chi connectivity index (χ1n) is 7.20. The Morgan fingerprint density at radius 3 is 2.30 bits per heavy atom. The zero-order valence-electron chi connectivity index (χ0n) is 12.8. The summed E-state index contributed by atoms with van der Waals surface area (Å²) in [5, 5.41) is 3.62. The zero-order valence-corrected chi connectivity index (χ0v) is 12.8. The Morgan fingerprint density at radius 1 is 1.00 bits per heavy atom. The van der Waals surface area contributed by atoms with Crippen molar-refractivity contribution in [1.82, 2.24) is 15.3 Å². The number of nitrogens with zero attached hydrogens (tertiary/aromatic N) is 2. The fraction of sp³-hybridized carbons (Fsp3) is 0.412. The number of aromatic nitrogens is 2. The lowest BCUT2D eigenvalue weighted by molar-refractivity contribution is 0.595. The van der Waals surface area contributed by atoms with E-state index < -0.39 is 0 Å². The molecule has 106 valence electrons. The molecular weight excluding hydrogens is 246 g/mol. The Bertz CT molecular complexity index is 558. The molecule has 0 amide bonds. The van der Waals surface area contributed by atoms with Crippen LogP contribution in [0.25, 0.3) is 0 Å². The minimum Gasteiger partial charge on any atom is -0.306 e. The lowest BCUT2D eigenvalue weighted by Gasteiger charge is -2.20. The molecule has 0 fully saturated rings. The number of pyridine rings is 2. The van der Waals surface area contributed by atoms with E-state index in [1.807, 2.05) is 26.2 Å². The largest absolute Gasteiger partial charge is 0.306 e. The van der Waals surface area contributed by atoms with E-state index in [-0.39, 0.29) is 6.04 Å². The lowest BCUT2D eigenvalue weighted by atomic mass is 9.98. The number of hydrogen-bond donors (Lipinski definition) is 1. The molecule has 2 aromatic heterocycles. The van der Waals surface area contributed by atoms with E-state index in [1.54, 1.807) is 0 Å². The summed E-state index contributed by atoms with van der Waals surface area (Å²) < 4.78 is 0. The topological polar surface area (TPSA) is 37.8 Å². The van der Waals surface area contributed by atoms with E-state index in [9.17, 15) is 0 Å². The Balaban J connectivity index is 2.41. The van der Waals surface area contributed by atoms with E-state index in [0.29, 0.717) is 0 Å². The van der Waals surface area contributed by atoms with Crippen molar-refractivity contribution < 1.29 is 0 Å². The van der Waals surface area contributed by atoms with Crippen LogP contribution in [0.5, 0.6) is 0 Å². The van der Waals surface area contributed by atoms with Crippen molar-refractivity contribution in [2.45, 2.75) is 40.2 Å². The second kappa shape index (κ2) is 6.62. The molecule has 3 nitrogen and oxygen atoms in total. The van der Waals surface area contributed by atoms with Crippen LogP contribution in [-0.4, -0.2) is 16.5 Å². The van der Waals surface area contributed by atoms with Crippen LogP contribution < -0.4 is 5.32 Å². The van der Waals surface area contributed by atoms with E-state index in [4.69, 9.17) is 0 Å². The van der Waals surface area contributed by atoms with Gasteiger partial charge < -0.3 is 5.32 Å². The van der Waals surface area contributed by atoms with E-state index in [0.717, 1.165) is 24.4 Å². The highest BCUT2D eigenvalue weighted by atomic mass is 14.9. The minimum absolute atomic E-state index is 0.183. The lowest BCUT2D eigenvalue weighted by Crippen LogP contribution is -2.23. The van der Waals surface area contributed by atoms with Crippen molar-refractivity contribution in [3.63, 3.8) is 0 Å². The van der Waals surface area contributed by atoms with Gasteiger partial charge >= 0.3 is 0 Å². The Hall–Kier alpha value is -1.74. The summed E-state index contributed by atoms with van der Waals surface area (Å²) in [4.78, 5) is 8.79. The summed E-state index contributed by atoms with van der Waals surface area (Å²) in [5.74, 6) is 0. The molecule has 1 atom stereocenters. The van der Waals surface area contributed by atoms with Gasteiger partial charge in [-0.2, -0.15) is 0 Å². The Kier molecular flexibility index (Phi) is 4.85. The van der Waals surface area contributed by atoms with Crippen molar-refractivity contribution in [3.8, 4) is 0 Å². The fourth-order valence-electron chi connectivity index (χ4n) is 2.49. The van der Waals surface area contributed by atoms with E-state index >= 15 is 0 Å².